The number of carbonyl (C=O) groups is 1. The van der Waals surface area contributed by atoms with Crippen molar-refractivity contribution in [2.24, 2.45) is 0 Å². The number of fused-ring (bicyclic) bond motifs is 1. The molecule has 0 bridgehead atoms. The van der Waals surface area contributed by atoms with Crippen LogP contribution in [0.5, 0.6) is 0 Å². The van der Waals surface area contributed by atoms with Crippen LogP contribution in [0.2, 0.25) is 0 Å². The first-order valence-electron chi connectivity index (χ1n) is 7.15. The molecule has 3 aromatic rings. The average Bonchev–Trinajstić information content (AvgIpc) is 3.00. The molecule has 0 fully saturated rings. The number of hydrogen-bond acceptors (Lipinski definition) is 4. The topological polar surface area (TPSA) is 91.9 Å². The first kappa shape index (κ1) is 17.6. The molecule has 2 aromatic carbocycles. The van der Waals surface area contributed by atoms with E-state index in [-0.39, 0.29) is 17.0 Å². The highest BCUT2D eigenvalue weighted by Crippen LogP contribution is 2.22. The van der Waals surface area contributed by atoms with Crippen LogP contribution in [0.15, 0.2) is 46.0 Å². The molecule has 6 nitrogen and oxygen atoms in total. The Morgan fingerprint density at radius 1 is 1.32 bits per heavy atom. The highest BCUT2D eigenvalue weighted by atomic mass is 79.9. The number of rotatable bonds is 4. The number of halogens is 2. The van der Waals surface area contributed by atoms with Crippen molar-refractivity contribution >= 4 is 42.7 Å². The number of nitrogens with zero attached hydrogens (tertiary/aromatic N) is 1. The zero-order valence-corrected chi connectivity index (χ0v) is 15.4. The molecule has 130 valence electrons. The third kappa shape index (κ3) is 3.72. The fourth-order valence-electron chi connectivity index (χ4n) is 2.38. The third-order valence-corrected chi connectivity index (χ3v) is 5.19. The first-order chi connectivity index (χ1) is 11.8. The van der Waals surface area contributed by atoms with E-state index in [1.165, 1.54) is 18.5 Å². The molecule has 0 aliphatic rings. The van der Waals surface area contributed by atoms with Crippen molar-refractivity contribution < 1.29 is 17.6 Å². The summed E-state index contributed by atoms with van der Waals surface area (Å²) in [7, 11) is -3.46. The van der Waals surface area contributed by atoms with Crippen LogP contribution in [0.25, 0.3) is 11.0 Å². The Morgan fingerprint density at radius 3 is 2.80 bits per heavy atom. The Kier molecular flexibility index (Phi) is 4.61. The summed E-state index contributed by atoms with van der Waals surface area (Å²) in [4.78, 5) is 19.5. The zero-order valence-electron chi connectivity index (χ0n) is 13.0. The molecule has 2 N–H and O–H groups in total. The SMILES string of the molecule is CS(=O)(=O)c1ccc(F)c(CNC(=O)c2cc(Br)cc3[nH]cnc23)c1. The van der Waals surface area contributed by atoms with Crippen molar-refractivity contribution in [3.05, 3.63) is 58.1 Å². The van der Waals surface area contributed by atoms with Gasteiger partial charge in [0.25, 0.3) is 5.91 Å². The second-order valence-electron chi connectivity index (χ2n) is 5.46. The normalized spacial score (nSPS) is 11.6. The first-order valence-corrected chi connectivity index (χ1v) is 9.83. The van der Waals surface area contributed by atoms with Crippen LogP contribution in [0, 0.1) is 5.82 Å². The standard InChI is InChI=1S/C16H13BrFN3O3S/c1-25(23,24)11-2-3-13(18)9(4-11)7-19-16(22)12-5-10(17)6-14-15(12)21-8-20-14/h2-6,8H,7H2,1H3,(H,19,22)(H,20,21). The largest absolute Gasteiger partial charge is 0.348 e. The third-order valence-electron chi connectivity index (χ3n) is 3.62. The summed E-state index contributed by atoms with van der Waals surface area (Å²) in [5.41, 5.74) is 1.59. The maximum absolute atomic E-state index is 13.9. The van der Waals surface area contributed by atoms with E-state index in [2.05, 4.69) is 31.2 Å². The van der Waals surface area contributed by atoms with Crippen molar-refractivity contribution in [1.29, 1.82) is 0 Å². The molecule has 0 unspecified atom stereocenters. The fraction of sp³-hybridized carbons (Fsp3) is 0.125. The lowest BCUT2D eigenvalue weighted by Crippen LogP contribution is -2.24. The number of amides is 1. The van der Waals surface area contributed by atoms with Crippen LogP contribution >= 0.6 is 15.9 Å². The van der Waals surface area contributed by atoms with Gasteiger partial charge in [-0.3, -0.25) is 4.79 Å². The Labute approximate surface area is 151 Å². The van der Waals surface area contributed by atoms with Gasteiger partial charge in [-0.05, 0) is 30.3 Å². The van der Waals surface area contributed by atoms with Crippen molar-refractivity contribution in [3.8, 4) is 0 Å². The lowest BCUT2D eigenvalue weighted by Gasteiger charge is -2.09. The van der Waals surface area contributed by atoms with Crippen LogP contribution in [-0.4, -0.2) is 30.5 Å². The molecule has 0 radical (unpaired) electrons. The zero-order chi connectivity index (χ0) is 18.2. The Bertz CT molecular complexity index is 1080. The summed E-state index contributed by atoms with van der Waals surface area (Å²) in [6.07, 6.45) is 2.52. The van der Waals surface area contributed by atoms with Crippen LogP contribution in [0.3, 0.4) is 0 Å². The number of aromatic amines is 1. The molecule has 9 heteroatoms. The Balaban J connectivity index is 1.86. The van der Waals surface area contributed by atoms with E-state index in [0.717, 1.165) is 12.3 Å². The molecule has 0 aliphatic heterocycles. The van der Waals surface area contributed by atoms with Crippen molar-refractivity contribution in [3.63, 3.8) is 0 Å². The minimum Gasteiger partial charge on any atom is -0.348 e. The molecule has 1 heterocycles. The summed E-state index contributed by atoms with van der Waals surface area (Å²) < 4.78 is 37.8. The van der Waals surface area contributed by atoms with Gasteiger partial charge in [0, 0.05) is 22.8 Å². The highest BCUT2D eigenvalue weighted by molar-refractivity contribution is 9.10. The number of sulfone groups is 1. The van der Waals surface area contributed by atoms with Gasteiger partial charge in [-0.25, -0.2) is 17.8 Å². The van der Waals surface area contributed by atoms with Crippen molar-refractivity contribution in [2.45, 2.75) is 11.4 Å². The van der Waals surface area contributed by atoms with Crippen LogP contribution in [-0.2, 0) is 16.4 Å². The van der Waals surface area contributed by atoms with Crippen molar-refractivity contribution in [2.75, 3.05) is 6.26 Å². The number of nitrogens with one attached hydrogen (secondary N) is 2. The number of hydrogen-bond donors (Lipinski definition) is 2. The molecule has 25 heavy (non-hydrogen) atoms. The van der Waals surface area contributed by atoms with E-state index in [1.54, 1.807) is 12.1 Å². The van der Waals surface area contributed by atoms with Crippen molar-refractivity contribution in [1.82, 2.24) is 15.3 Å². The van der Waals surface area contributed by atoms with Crippen LogP contribution < -0.4 is 5.32 Å². The molecule has 0 saturated heterocycles. The van der Waals surface area contributed by atoms with E-state index in [1.807, 2.05) is 0 Å². The molecule has 3 rings (SSSR count). The summed E-state index contributed by atoms with van der Waals surface area (Å²) in [5.74, 6) is -1.03. The lowest BCUT2D eigenvalue weighted by atomic mass is 10.1. The molecular weight excluding hydrogens is 413 g/mol. The highest BCUT2D eigenvalue weighted by Gasteiger charge is 2.15. The molecule has 1 aromatic heterocycles. The van der Waals surface area contributed by atoms with Gasteiger partial charge in [0.05, 0.1) is 22.3 Å². The van der Waals surface area contributed by atoms with Gasteiger partial charge in [-0.2, -0.15) is 0 Å². The summed E-state index contributed by atoms with van der Waals surface area (Å²) in [6.45, 7) is -0.146. The molecule has 0 spiro atoms. The minimum absolute atomic E-state index is 0.00436. The molecule has 0 saturated carbocycles. The van der Waals surface area contributed by atoms with Crippen LogP contribution in [0.1, 0.15) is 15.9 Å². The van der Waals surface area contributed by atoms with E-state index >= 15 is 0 Å². The van der Waals surface area contributed by atoms with Crippen LogP contribution in [0.4, 0.5) is 4.39 Å². The number of imidazole rings is 1. The number of aromatic nitrogens is 2. The summed E-state index contributed by atoms with van der Waals surface area (Å²) in [5, 5.41) is 2.60. The maximum Gasteiger partial charge on any atom is 0.253 e. The number of carbonyl (C=O) groups excluding carboxylic acids is 1. The Morgan fingerprint density at radius 2 is 2.08 bits per heavy atom. The van der Waals surface area contributed by atoms with Gasteiger partial charge in [-0.15, -0.1) is 0 Å². The fourth-order valence-corrected chi connectivity index (χ4v) is 3.51. The van der Waals surface area contributed by atoms with Gasteiger partial charge in [-0.1, -0.05) is 15.9 Å². The second-order valence-corrected chi connectivity index (χ2v) is 8.39. The number of benzene rings is 2. The molecular formula is C16H13BrFN3O3S. The monoisotopic (exact) mass is 425 g/mol. The van der Waals surface area contributed by atoms with Gasteiger partial charge in [0.2, 0.25) is 0 Å². The lowest BCUT2D eigenvalue weighted by molar-refractivity contribution is 0.0952. The van der Waals surface area contributed by atoms with E-state index < -0.39 is 21.6 Å². The quantitative estimate of drug-likeness (QED) is 0.628. The summed E-state index contributed by atoms with van der Waals surface area (Å²) >= 11 is 3.32. The van der Waals surface area contributed by atoms with E-state index in [4.69, 9.17) is 0 Å². The molecule has 0 atom stereocenters. The van der Waals surface area contributed by atoms with Gasteiger partial charge < -0.3 is 10.3 Å². The van der Waals surface area contributed by atoms with Gasteiger partial charge in [0.1, 0.15) is 11.3 Å². The summed E-state index contributed by atoms with van der Waals surface area (Å²) in [6, 6.07) is 6.88. The van der Waals surface area contributed by atoms with E-state index in [0.29, 0.717) is 21.1 Å². The predicted octanol–water partition coefficient (Wildman–Crippen LogP) is 2.80. The smallest absolute Gasteiger partial charge is 0.253 e. The van der Waals surface area contributed by atoms with Gasteiger partial charge in [0.15, 0.2) is 9.84 Å². The second kappa shape index (κ2) is 6.57. The predicted molar refractivity (Wildman–Crippen MR) is 94.5 cm³/mol. The van der Waals surface area contributed by atoms with E-state index in [9.17, 15) is 17.6 Å². The minimum atomic E-state index is -3.46. The average molecular weight is 426 g/mol. The molecule has 0 aliphatic carbocycles. The number of H-pyrrole nitrogens is 1. The molecule has 1 amide bonds. The maximum atomic E-state index is 13.9. The Hall–Kier alpha value is -2.26. The van der Waals surface area contributed by atoms with Gasteiger partial charge >= 0.3 is 0 Å².